The molecule has 0 spiro atoms. The maximum Gasteiger partial charge on any atom is 0.340 e. The molecule has 1 N–H and O–H groups in total. The fourth-order valence-electron chi connectivity index (χ4n) is 2.74. The second kappa shape index (κ2) is 9.02. The Bertz CT molecular complexity index is 744. The number of hydrogen-bond acceptors (Lipinski definition) is 7. The second-order valence-corrected chi connectivity index (χ2v) is 5.84. The quantitative estimate of drug-likeness (QED) is 0.537. The third kappa shape index (κ3) is 4.75. The summed E-state index contributed by atoms with van der Waals surface area (Å²) in [6.07, 6.45) is 0.842. The van der Waals surface area contributed by atoms with Crippen molar-refractivity contribution in [2.45, 2.75) is 25.7 Å². The van der Waals surface area contributed by atoms with Crippen molar-refractivity contribution in [1.29, 1.82) is 0 Å². The fourth-order valence-corrected chi connectivity index (χ4v) is 2.74. The molecule has 146 valence electrons. The molecule has 2 rings (SSSR count). The van der Waals surface area contributed by atoms with Crippen LogP contribution in [0.4, 0.5) is 5.69 Å². The first kappa shape index (κ1) is 20.2. The van der Waals surface area contributed by atoms with E-state index in [1.165, 1.54) is 38.4 Å². The number of rotatable bonds is 8. The molecule has 0 bridgehead atoms. The Morgan fingerprint density at radius 3 is 2.19 bits per heavy atom. The van der Waals surface area contributed by atoms with Gasteiger partial charge in [-0.25, -0.2) is 4.79 Å². The Hall–Kier alpha value is -3.10. The second-order valence-electron chi connectivity index (χ2n) is 5.84. The number of carbonyl (C=O) groups is 4. The number of benzene rings is 1. The maximum atomic E-state index is 12.2. The number of ether oxygens (including phenoxy) is 3. The number of esters is 1. The predicted molar refractivity (Wildman–Crippen MR) is 94.7 cm³/mol. The number of likely N-dealkylation sites (tertiary alicyclic amines) is 1. The number of amides is 3. The summed E-state index contributed by atoms with van der Waals surface area (Å²) >= 11 is 0. The molecular formula is C18H22N2O7. The van der Waals surface area contributed by atoms with Gasteiger partial charge in [-0.1, -0.05) is 0 Å². The van der Waals surface area contributed by atoms with Crippen LogP contribution in [0, 0.1) is 0 Å². The minimum atomic E-state index is -0.639. The summed E-state index contributed by atoms with van der Waals surface area (Å²) in [5, 5.41) is 2.64. The van der Waals surface area contributed by atoms with Gasteiger partial charge in [0.2, 0.25) is 17.7 Å². The summed E-state index contributed by atoms with van der Waals surface area (Å²) in [5.74, 6) is -0.775. The smallest absolute Gasteiger partial charge is 0.340 e. The first-order chi connectivity index (χ1) is 12.9. The topological polar surface area (TPSA) is 111 Å². The lowest BCUT2D eigenvalue weighted by Crippen LogP contribution is -2.30. The normalized spacial score (nSPS) is 13.5. The van der Waals surface area contributed by atoms with E-state index in [1.807, 2.05) is 0 Å². The van der Waals surface area contributed by atoms with Crippen molar-refractivity contribution >= 4 is 29.4 Å². The van der Waals surface area contributed by atoms with E-state index in [0.717, 1.165) is 0 Å². The van der Waals surface area contributed by atoms with E-state index in [0.29, 0.717) is 17.9 Å². The van der Waals surface area contributed by atoms with Crippen molar-refractivity contribution in [2.75, 3.05) is 33.2 Å². The Morgan fingerprint density at radius 2 is 1.63 bits per heavy atom. The van der Waals surface area contributed by atoms with Gasteiger partial charge >= 0.3 is 5.97 Å². The molecule has 1 aromatic carbocycles. The molecule has 1 aromatic rings. The molecule has 27 heavy (non-hydrogen) atoms. The van der Waals surface area contributed by atoms with Crippen LogP contribution in [0.3, 0.4) is 0 Å². The lowest BCUT2D eigenvalue weighted by atomic mass is 10.1. The summed E-state index contributed by atoms with van der Waals surface area (Å²) in [4.78, 5) is 48.5. The lowest BCUT2D eigenvalue weighted by Gasteiger charge is -2.15. The highest BCUT2D eigenvalue weighted by molar-refractivity contribution is 6.03. The van der Waals surface area contributed by atoms with Gasteiger partial charge in [0, 0.05) is 37.9 Å². The van der Waals surface area contributed by atoms with Crippen molar-refractivity contribution < 1.29 is 33.4 Å². The number of nitrogens with one attached hydrogen (secondary N) is 1. The van der Waals surface area contributed by atoms with Crippen LogP contribution in [-0.2, 0) is 19.1 Å². The number of hydrogen-bond donors (Lipinski definition) is 1. The van der Waals surface area contributed by atoms with Gasteiger partial charge in [0.1, 0.15) is 0 Å². The molecule has 9 heteroatoms. The van der Waals surface area contributed by atoms with Crippen molar-refractivity contribution in [3.05, 3.63) is 17.7 Å². The summed E-state index contributed by atoms with van der Waals surface area (Å²) in [6.45, 7) is 0.195. The molecule has 1 fully saturated rings. The maximum absolute atomic E-state index is 12.2. The van der Waals surface area contributed by atoms with Gasteiger partial charge in [0.05, 0.1) is 32.6 Å². The van der Waals surface area contributed by atoms with Crippen LogP contribution in [0.15, 0.2) is 12.1 Å². The van der Waals surface area contributed by atoms with Crippen LogP contribution >= 0.6 is 0 Å². The van der Waals surface area contributed by atoms with Crippen molar-refractivity contribution in [1.82, 2.24) is 4.90 Å². The molecule has 0 saturated carbocycles. The molecule has 0 atom stereocenters. The van der Waals surface area contributed by atoms with Gasteiger partial charge < -0.3 is 19.5 Å². The Kier molecular flexibility index (Phi) is 6.75. The third-order valence-corrected chi connectivity index (χ3v) is 4.14. The SMILES string of the molecule is COC(=O)c1cc(OC)c(OC)cc1NC(=O)CCCN1C(=O)CCC1=O. The van der Waals surface area contributed by atoms with Crippen LogP contribution in [0.2, 0.25) is 0 Å². The summed E-state index contributed by atoms with van der Waals surface area (Å²) < 4.78 is 15.1. The molecule has 3 amide bonds. The van der Waals surface area contributed by atoms with E-state index < -0.39 is 5.97 Å². The summed E-state index contributed by atoms with van der Waals surface area (Å²) in [5.41, 5.74) is 0.339. The fraction of sp³-hybridized carbons (Fsp3) is 0.444. The number of methoxy groups -OCH3 is 3. The molecule has 9 nitrogen and oxygen atoms in total. The van der Waals surface area contributed by atoms with E-state index in [-0.39, 0.29) is 54.8 Å². The predicted octanol–water partition coefficient (Wildman–Crippen LogP) is 1.36. The van der Waals surface area contributed by atoms with Crippen LogP contribution in [0.1, 0.15) is 36.0 Å². The first-order valence-corrected chi connectivity index (χ1v) is 8.38. The molecule has 1 aliphatic heterocycles. The van der Waals surface area contributed by atoms with Gasteiger partial charge in [0.15, 0.2) is 11.5 Å². The van der Waals surface area contributed by atoms with Gasteiger partial charge in [-0.05, 0) is 6.42 Å². The zero-order chi connectivity index (χ0) is 20.0. The zero-order valence-electron chi connectivity index (χ0n) is 15.5. The molecule has 1 aliphatic rings. The molecule has 0 radical (unpaired) electrons. The van der Waals surface area contributed by atoms with Gasteiger partial charge in [0.25, 0.3) is 0 Å². The summed E-state index contributed by atoms with van der Waals surface area (Å²) in [7, 11) is 4.10. The van der Waals surface area contributed by atoms with Gasteiger partial charge in [-0.3, -0.25) is 19.3 Å². The Balaban J connectivity index is 2.06. The molecule has 1 saturated heterocycles. The van der Waals surface area contributed by atoms with Crippen molar-refractivity contribution in [2.24, 2.45) is 0 Å². The molecular weight excluding hydrogens is 356 g/mol. The van der Waals surface area contributed by atoms with Gasteiger partial charge in [-0.2, -0.15) is 0 Å². The highest BCUT2D eigenvalue weighted by Crippen LogP contribution is 2.33. The van der Waals surface area contributed by atoms with E-state index in [9.17, 15) is 19.2 Å². The van der Waals surface area contributed by atoms with Crippen LogP contribution in [-0.4, -0.2) is 56.5 Å². The van der Waals surface area contributed by atoms with E-state index in [2.05, 4.69) is 5.32 Å². The molecule has 0 unspecified atom stereocenters. The molecule has 0 aromatic heterocycles. The summed E-state index contributed by atoms with van der Waals surface area (Å²) in [6, 6.07) is 2.89. The average molecular weight is 378 g/mol. The van der Waals surface area contributed by atoms with E-state index >= 15 is 0 Å². The number of nitrogens with zero attached hydrogens (tertiary/aromatic N) is 1. The van der Waals surface area contributed by atoms with E-state index in [4.69, 9.17) is 14.2 Å². The van der Waals surface area contributed by atoms with Crippen molar-refractivity contribution in [3.63, 3.8) is 0 Å². The van der Waals surface area contributed by atoms with Crippen LogP contribution in [0.5, 0.6) is 11.5 Å². The minimum Gasteiger partial charge on any atom is -0.493 e. The number of carbonyl (C=O) groups excluding carboxylic acids is 4. The Morgan fingerprint density at radius 1 is 1.04 bits per heavy atom. The highest BCUT2D eigenvalue weighted by atomic mass is 16.5. The monoisotopic (exact) mass is 378 g/mol. The standard InChI is InChI=1S/C18H22N2O7/c1-25-13-9-11(18(24)27-3)12(10-14(13)26-2)19-15(21)5-4-8-20-16(22)6-7-17(20)23/h9-10H,4-8H2,1-3H3,(H,19,21). The van der Waals surface area contributed by atoms with Crippen LogP contribution < -0.4 is 14.8 Å². The third-order valence-electron chi connectivity index (χ3n) is 4.14. The molecule has 1 heterocycles. The number of anilines is 1. The zero-order valence-corrected chi connectivity index (χ0v) is 15.5. The molecule has 0 aliphatic carbocycles. The van der Waals surface area contributed by atoms with Crippen LogP contribution in [0.25, 0.3) is 0 Å². The first-order valence-electron chi connectivity index (χ1n) is 8.38. The highest BCUT2D eigenvalue weighted by Gasteiger charge is 2.28. The Labute approximate surface area is 156 Å². The largest absolute Gasteiger partial charge is 0.493 e. The minimum absolute atomic E-state index is 0.0754. The average Bonchev–Trinajstić information content (AvgIpc) is 2.98. The van der Waals surface area contributed by atoms with Gasteiger partial charge in [-0.15, -0.1) is 0 Å². The lowest BCUT2D eigenvalue weighted by molar-refractivity contribution is -0.138. The van der Waals surface area contributed by atoms with Crippen molar-refractivity contribution in [3.8, 4) is 11.5 Å². The number of imide groups is 1. The van der Waals surface area contributed by atoms with E-state index in [1.54, 1.807) is 0 Å².